The quantitative estimate of drug-likeness (QED) is 0.466. The van der Waals surface area contributed by atoms with Crippen molar-refractivity contribution in [1.82, 2.24) is 0 Å². The molecule has 0 aliphatic carbocycles. The molecule has 1 fully saturated rings. The zero-order chi connectivity index (χ0) is 14.0. The molecule has 1 unspecified atom stereocenters. The highest BCUT2D eigenvalue weighted by molar-refractivity contribution is 7.87. The molecule has 0 N–H and O–H groups in total. The van der Waals surface area contributed by atoms with Crippen molar-refractivity contribution in [3.8, 4) is 5.75 Å². The van der Waals surface area contributed by atoms with Crippen molar-refractivity contribution >= 4 is 16.3 Å². The zero-order valence-corrected chi connectivity index (χ0v) is 11.4. The molecule has 0 bridgehead atoms. The van der Waals surface area contributed by atoms with E-state index < -0.39 is 22.4 Å². The molecule has 2 rings (SSSR count). The van der Waals surface area contributed by atoms with Crippen LogP contribution in [0.1, 0.15) is 11.1 Å². The minimum atomic E-state index is -3.56. The molecule has 1 aromatic carbocycles. The summed E-state index contributed by atoms with van der Waals surface area (Å²) in [5.74, 6) is 0.0481. The number of rotatable bonds is 2. The third kappa shape index (κ3) is 3.68. The van der Waals surface area contributed by atoms with Crippen molar-refractivity contribution in [1.29, 1.82) is 0 Å². The molecule has 1 aromatic rings. The number of aryl methyl sites for hydroxylation is 2. The topological polar surface area (TPSA) is 78.9 Å². The fourth-order valence-electron chi connectivity index (χ4n) is 1.74. The van der Waals surface area contributed by atoms with E-state index in [0.717, 1.165) is 11.1 Å². The van der Waals surface area contributed by atoms with Gasteiger partial charge in [-0.25, -0.2) is 4.79 Å². The molecule has 0 aromatic heterocycles. The lowest BCUT2D eigenvalue weighted by molar-refractivity contribution is 0.0571. The monoisotopic (exact) mass is 286 g/mol. The average molecular weight is 286 g/mol. The minimum absolute atomic E-state index is 0.162. The lowest BCUT2D eigenvalue weighted by atomic mass is 10.1. The van der Waals surface area contributed by atoms with E-state index in [0.29, 0.717) is 5.75 Å². The fourth-order valence-corrected chi connectivity index (χ4v) is 2.81. The number of ether oxygens (including phenoxy) is 2. The Morgan fingerprint density at radius 3 is 2.68 bits per heavy atom. The zero-order valence-electron chi connectivity index (χ0n) is 10.6. The van der Waals surface area contributed by atoms with Gasteiger partial charge in [0.05, 0.1) is 0 Å². The summed E-state index contributed by atoms with van der Waals surface area (Å²) >= 11 is 0. The predicted octanol–water partition coefficient (Wildman–Crippen LogP) is 1.55. The summed E-state index contributed by atoms with van der Waals surface area (Å²) in [6, 6.07) is 5.33. The van der Waals surface area contributed by atoms with Gasteiger partial charge in [-0.1, -0.05) is 17.7 Å². The number of carbonyl (C=O) groups is 1. The van der Waals surface area contributed by atoms with E-state index in [9.17, 15) is 13.2 Å². The van der Waals surface area contributed by atoms with Crippen LogP contribution in [0.5, 0.6) is 5.75 Å². The van der Waals surface area contributed by atoms with Crippen molar-refractivity contribution < 1.29 is 26.9 Å². The van der Waals surface area contributed by atoms with Gasteiger partial charge in [-0.3, -0.25) is 4.18 Å². The highest BCUT2D eigenvalue weighted by Crippen LogP contribution is 2.20. The average Bonchev–Trinajstić information content (AvgIpc) is 2.62. The summed E-state index contributed by atoms with van der Waals surface area (Å²) in [5, 5.41) is 0. The van der Waals surface area contributed by atoms with E-state index in [2.05, 4.69) is 4.18 Å². The highest BCUT2D eigenvalue weighted by atomic mass is 32.2. The Labute approximate surface area is 111 Å². The molecule has 1 heterocycles. The molecule has 19 heavy (non-hydrogen) atoms. The van der Waals surface area contributed by atoms with Crippen LogP contribution < -0.4 is 4.74 Å². The second-order valence-electron chi connectivity index (χ2n) is 4.37. The standard InChI is InChI=1S/C12H14O6S/c1-8-3-4-11(9(2)5-8)18-12(13)17-10-6-16-19(14,15)7-10/h3-5,10H,6-7H2,1-2H3. The molecular formula is C12H14O6S. The fraction of sp³-hybridized carbons (Fsp3) is 0.417. The minimum Gasteiger partial charge on any atom is -0.427 e. The van der Waals surface area contributed by atoms with Crippen LogP contribution in [-0.4, -0.2) is 33.0 Å². The first-order valence-corrected chi connectivity index (χ1v) is 7.26. The van der Waals surface area contributed by atoms with Crippen molar-refractivity contribution in [2.75, 3.05) is 12.4 Å². The molecule has 1 aliphatic rings. The molecule has 1 saturated heterocycles. The molecule has 0 radical (unpaired) electrons. The SMILES string of the molecule is Cc1ccc(OC(=O)OC2COS(=O)(=O)C2)c(C)c1. The van der Waals surface area contributed by atoms with Crippen molar-refractivity contribution in [3.05, 3.63) is 29.3 Å². The Morgan fingerprint density at radius 2 is 2.11 bits per heavy atom. The van der Waals surface area contributed by atoms with Crippen LogP contribution in [0, 0.1) is 13.8 Å². The number of hydrogen-bond donors (Lipinski definition) is 0. The summed E-state index contributed by atoms with van der Waals surface area (Å²) in [5.41, 5.74) is 1.85. The predicted molar refractivity (Wildman–Crippen MR) is 66.6 cm³/mol. The summed E-state index contributed by atoms with van der Waals surface area (Å²) < 4.78 is 36.4. The Balaban J connectivity index is 1.95. The molecule has 1 atom stereocenters. The second-order valence-corrected chi connectivity index (χ2v) is 6.05. The van der Waals surface area contributed by atoms with Gasteiger partial charge in [-0.05, 0) is 25.5 Å². The molecule has 0 saturated carbocycles. The first-order chi connectivity index (χ1) is 8.85. The lowest BCUT2D eigenvalue weighted by Crippen LogP contribution is -2.24. The number of carbonyl (C=O) groups excluding carboxylic acids is 1. The van der Waals surface area contributed by atoms with Gasteiger partial charge in [0.1, 0.15) is 24.2 Å². The normalized spacial score (nSPS) is 21.1. The largest absolute Gasteiger partial charge is 0.514 e. The van der Waals surface area contributed by atoms with Gasteiger partial charge in [0, 0.05) is 0 Å². The van der Waals surface area contributed by atoms with Crippen LogP contribution in [0.3, 0.4) is 0 Å². The maximum absolute atomic E-state index is 11.5. The maximum Gasteiger partial charge on any atom is 0.514 e. The molecular weight excluding hydrogens is 272 g/mol. The third-order valence-corrected chi connectivity index (χ3v) is 3.89. The Bertz CT molecular complexity index is 592. The Kier molecular flexibility index (Phi) is 3.77. The summed E-state index contributed by atoms with van der Waals surface area (Å²) in [7, 11) is -3.56. The number of benzene rings is 1. The maximum atomic E-state index is 11.5. The van der Waals surface area contributed by atoms with Crippen molar-refractivity contribution in [3.63, 3.8) is 0 Å². The third-order valence-electron chi connectivity index (χ3n) is 2.61. The van der Waals surface area contributed by atoms with Gasteiger partial charge in [-0.15, -0.1) is 0 Å². The van der Waals surface area contributed by atoms with Gasteiger partial charge < -0.3 is 9.47 Å². The lowest BCUT2D eigenvalue weighted by Gasteiger charge is -2.10. The van der Waals surface area contributed by atoms with Crippen LogP contribution in [0.4, 0.5) is 4.79 Å². The van der Waals surface area contributed by atoms with E-state index in [-0.39, 0.29) is 12.4 Å². The first-order valence-electron chi connectivity index (χ1n) is 5.68. The van der Waals surface area contributed by atoms with Crippen LogP contribution >= 0.6 is 0 Å². The Hall–Kier alpha value is -1.60. The molecule has 0 spiro atoms. The van der Waals surface area contributed by atoms with Crippen LogP contribution in [0.25, 0.3) is 0 Å². The van der Waals surface area contributed by atoms with Gasteiger partial charge in [0.15, 0.2) is 0 Å². The molecule has 0 amide bonds. The smallest absolute Gasteiger partial charge is 0.427 e. The van der Waals surface area contributed by atoms with E-state index in [1.165, 1.54) is 0 Å². The van der Waals surface area contributed by atoms with E-state index >= 15 is 0 Å². The first kappa shape index (κ1) is 13.8. The molecule has 104 valence electrons. The molecule has 1 aliphatic heterocycles. The highest BCUT2D eigenvalue weighted by Gasteiger charge is 2.32. The van der Waals surface area contributed by atoms with E-state index in [4.69, 9.17) is 9.47 Å². The van der Waals surface area contributed by atoms with E-state index in [1.807, 2.05) is 13.0 Å². The summed E-state index contributed by atoms with van der Waals surface area (Å²) in [4.78, 5) is 11.5. The van der Waals surface area contributed by atoms with Gasteiger partial charge in [0.2, 0.25) is 0 Å². The van der Waals surface area contributed by atoms with Gasteiger partial charge in [0.25, 0.3) is 10.1 Å². The second kappa shape index (κ2) is 5.18. The van der Waals surface area contributed by atoms with Crippen LogP contribution in [0.2, 0.25) is 0 Å². The van der Waals surface area contributed by atoms with Gasteiger partial charge in [-0.2, -0.15) is 8.42 Å². The van der Waals surface area contributed by atoms with Crippen molar-refractivity contribution in [2.24, 2.45) is 0 Å². The van der Waals surface area contributed by atoms with E-state index in [1.54, 1.807) is 19.1 Å². The van der Waals surface area contributed by atoms with Crippen molar-refractivity contribution in [2.45, 2.75) is 20.0 Å². The molecule has 7 heteroatoms. The molecule has 6 nitrogen and oxygen atoms in total. The van der Waals surface area contributed by atoms with Crippen LogP contribution in [0.15, 0.2) is 18.2 Å². The summed E-state index contributed by atoms with van der Waals surface area (Å²) in [6.45, 7) is 3.57. The number of hydrogen-bond acceptors (Lipinski definition) is 6. The summed E-state index contributed by atoms with van der Waals surface area (Å²) in [6.07, 6.45) is -1.75. The Morgan fingerprint density at radius 1 is 1.37 bits per heavy atom. The van der Waals surface area contributed by atoms with Gasteiger partial charge >= 0.3 is 6.16 Å². The van der Waals surface area contributed by atoms with Crippen LogP contribution in [-0.2, 0) is 19.0 Å².